The zero-order valence-corrected chi connectivity index (χ0v) is 11.0. The van der Waals surface area contributed by atoms with Crippen molar-refractivity contribution in [1.29, 1.82) is 0 Å². The van der Waals surface area contributed by atoms with Crippen LogP contribution in [0.15, 0.2) is 24.3 Å². The van der Waals surface area contributed by atoms with E-state index in [2.05, 4.69) is 43.1 Å². The first-order valence-electron chi connectivity index (χ1n) is 6.79. The number of hydrogen-bond donors (Lipinski definition) is 1. The molecule has 17 heavy (non-hydrogen) atoms. The van der Waals surface area contributed by atoms with Crippen LogP contribution in [0, 0.1) is 0 Å². The molecule has 0 spiro atoms. The van der Waals surface area contributed by atoms with Crippen molar-refractivity contribution in [1.82, 2.24) is 0 Å². The van der Waals surface area contributed by atoms with Crippen LogP contribution in [0.2, 0.25) is 0 Å². The molecular weight excluding hydrogens is 208 g/mol. The van der Waals surface area contributed by atoms with E-state index in [1.54, 1.807) is 0 Å². The Morgan fingerprint density at radius 1 is 1.18 bits per heavy atom. The molecule has 0 saturated heterocycles. The lowest BCUT2D eigenvalue weighted by Gasteiger charge is -2.37. The maximum Gasteiger partial charge on any atom is 0.0437 e. The average molecular weight is 232 g/mol. The summed E-state index contributed by atoms with van der Waals surface area (Å²) >= 11 is 0. The summed E-state index contributed by atoms with van der Waals surface area (Å²) in [6.45, 7) is 2.19. The van der Waals surface area contributed by atoms with Crippen LogP contribution in [0.1, 0.15) is 38.2 Å². The molecule has 1 aliphatic rings. The highest BCUT2D eigenvalue weighted by Crippen LogP contribution is 2.25. The van der Waals surface area contributed by atoms with E-state index >= 15 is 0 Å². The Labute approximate surface area is 105 Å². The minimum absolute atomic E-state index is 0.333. The molecule has 2 nitrogen and oxygen atoms in total. The van der Waals surface area contributed by atoms with Gasteiger partial charge < -0.3 is 10.6 Å². The van der Waals surface area contributed by atoms with Gasteiger partial charge in [-0.3, -0.25) is 0 Å². The molecule has 0 amide bonds. The van der Waals surface area contributed by atoms with Crippen molar-refractivity contribution >= 4 is 5.69 Å². The second kappa shape index (κ2) is 5.54. The highest BCUT2D eigenvalue weighted by Gasteiger charge is 2.25. The number of nitrogens with zero attached hydrogens (tertiary/aromatic N) is 1. The predicted molar refractivity (Wildman–Crippen MR) is 74.5 cm³/mol. The SMILES string of the molecule is CCc1ccc(N(C)C2CCCCC2N)cc1. The lowest BCUT2D eigenvalue weighted by molar-refractivity contribution is 0.373. The third kappa shape index (κ3) is 2.81. The maximum atomic E-state index is 6.23. The van der Waals surface area contributed by atoms with Gasteiger partial charge in [-0.15, -0.1) is 0 Å². The zero-order chi connectivity index (χ0) is 12.3. The number of hydrogen-bond acceptors (Lipinski definition) is 2. The Kier molecular flexibility index (Phi) is 4.06. The van der Waals surface area contributed by atoms with E-state index < -0.39 is 0 Å². The second-order valence-electron chi connectivity index (χ2n) is 5.15. The van der Waals surface area contributed by atoms with E-state index in [4.69, 9.17) is 5.73 Å². The minimum atomic E-state index is 0.333. The van der Waals surface area contributed by atoms with Crippen molar-refractivity contribution in [2.45, 2.75) is 51.1 Å². The van der Waals surface area contributed by atoms with E-state index in [9.17, 15) is 0 Å². The van der Waals surface area contributed by atoms with Gasteiger partial charge in [0.05, 0.1) is 0 Å². The van der Waals surface area contributed by atoms with E-state index in [0.29, 0.717) is 12.1 Å². The summed E-state index contributed by atoms with van der Waals surface area (Å²) in [5.41, 5.74) is 8.93. The Morgan fingerprint density at radius 3 is 2.41 bits per heavy atom. The fraction of sp³-hybridized carbons (Fsp3) is 0.600. The Bertz CT molecular complexity index is 344. The molecule has 0 bridgehead atoms. The summed E-state index contributed by atoms with van der Waals surface area (Å²) in [6.07, 6.45) is 6.11. The van der Waals surface area contributed by atoms with Crippen molar-refractivity contribution in [3.63, 3.8) is 0 Å². The molecule has 1 fully saturated rings. The Balaban J connectivity index is 2.09. The average Bonchev–Trinajstić information content (AvgIpc) is 2.39. The molecule has 1 saturated carbocycles. The zero-order valence-electron chi connectivity index (χ0n) is 11.0. The Hall–Kier alpha value is -1.02. The van der Waals surface area contributed by atoms with Gasteiger partial charge in [0.15, 0.2) is 0 Å². The van der Waals surface area contributed by atoms with Crippen molar-refractivity contribution < 1.29 is 0 Å². The summed E-state index contributed by atoms with van der Waals surface area (Å²) < 4.78 is 0. The van der Waals surface area contributed by atoms with Gasteiger partial charge in [-0.25, -0.2) is 0 Å². The van der Waals surface area contributed by atoms with Gasteiger partial charge in [-0.1, -0.05) is 31.9 Å². The van der Waals surface area contributed by atoms with E-state index in [1.165, 1.54) is 36.9 Å². The van der Waals surface area contributed by atoms with E-state index in [1.807, 2.05) is 0 Å². The van der Waals surface area contributed by atoms with E-state index in [0.717, 1.165) is 6.42 Å². The molecule has 0 aliphatic heterocycles. The highest BCUT2D eigenvalue weighted by molar-refractivity contribution is 5.48. The third-order valence-electron chi connectivity index (χ3n) is 4.03. The lowest BCUT2D eigenvalue weighted by atomic mass is 9.90. The molecule has 2 atom stereocenters. The Morgan fingerprint density at radius 2 is 1.82 bits per heavy atom. The first-order chi connectivity index (χ1) is 8.22. The largest absolute Gasteiger partial charge is 0.370 e. The second-order valence-corrected chi connectivity index (χ2v) is 5.15. The van der Waals surface area contributed by atoms with Crippen LogP contribution in [-0.4, -0.2) is 19.1 Å². The van der Waals surface area contributed by atoms with Crippen molar-refractivity contribution in [3.05, 3.63) is 29.8 Å². The van der Waals surface area contributed by atoms with Crippen molar-refractivity contribution in [2.24, 2.45) is 5.73 Å². The molecule has 1 aromatic carbocycles. The van der Waals surface area contributed by atoms with Crippen LogP contribution in [0.5, 0.6) is 0 Å². The topological polar surface area (TPSA) is 29.3 Å². The number of rotatable bonds is 3. The summed E-state index contributed by atoms with van der Waals surface area (Å²) in [5.74, 6) is 0. The van der Waals surface area contributed by atoms with Crippen LogP contribution in [0.3, 0.4) is 0 Å². The number of aryl methyl sites for hydroxylation is 1. The molecular formula is C15H24N2. The molecule has 2 heteroatoms. The molecule has 1 aliphatic carbocycles. The molecule has 94 valence electrons. The first kappa shape index (κ1) is 12.4. The smallest absolute Gasteiger partial charge is 0.0437 e. The lowest BCUT2D eigenvalue weighted by Crippen LogP contribution is -2.48. The van der Waals surface area contributed by atoms with Crippen LogP contribution >= 0.6 is 0 Å². The third-order valence-corrected chi connectivity index (χ3v) is 4.03. The summed E-state index contributed by atoms with van der Waals surface area (Å²) in [4.78, 5) is 2.36. The quantitative estimate of drug-likeness (QED) is 0.868. The van der Waals surface area contributed by atoms with Gasteiger partial charge >= 0.3 is 0 Å². The number of anilines is 1. The normalized spacial score (nSPS) is 24.6. The van der Waals surface area contributed by atoms with Gasteiger partial charge in [0.25, 0.3) is 0 Å². The molecule has 1 aromatic rings. The monoisotopic (exact) mass is 232 g/mol. The standard InChI is InChI=1S/C15H24N2/c1-3-12-8-10-13(11-9-12)17(2)15-7-5-4-6-14(15)16/h8-11,14-15H,3-7,16H2,1-2H3. The van der Waals surface area contributed by atoms with Gasteiger partial charge in [0.1, 0.15) is 0 Å². The number of nitrogens with two attached hydrogens (primary N) is 1. The van der Waals surface area contributed by atoms with Gasteiger partial charge in [-0.2, -0.15) is 0 Å². The van der Waals surface area contributed by atoms with Crippen LogP contribution in [0.25, 0.3) is 0 Å². The van der Waals surface area contributed by atoms with Crippen molar-refractivity contribution in [2.75, 3.05) is 11.9 Å². The summed E-state index contributed by atoms with van der Waals surface area (Å²) in [5, 5.41) is 0. The fourth-order valence-electron chi connectivity index (χ4n) is 2.78. The molecule has 0 radical (unpaired) electrons. The van der Waals surface area contributed by atoms with Gasteiger partial charge in [0, 0.05) is 24.8 Å². The van der Waals surface area contributed by atoms with Crippen LogP contribution in [0.4, 0.5) is 5.69 Å². The van der Waals surface area contributed by atoms with Gasteiger partial charge in [-0.05, 0) is 37.0 Å². The maximum absolute atomic E-state index is 6.23. The molecule has 2 rings (SSSR count). The molecule has 0 heterocycles. The van der Waals surface area contributed by atoms with Crippen LogP contribution in [-0.2, 0) is 6.42 Å². The molecule has 2 N–H and O–H groups in total. The summed E-state index contributed by atoms with van der Waals surface area (Å²) in [6, 6.07) is 9.73. The molecule has 0 aromatic heterocycles. The number of likely N-dealkylation sites (N-methyl/N-ethyl adjacent to an activating group) is 1. The van der Waals surface area contributed by atoms with Crippen molar-refractivity contribution in [3.8, 4) is 0 Å². The highest BCUT2D eigenvalue weighted by atomic mass is 15.2. The van der Waals surface area contributed by atoms with E-state index in [-0.39, 0.29) is 0 Å². The minimum Gasteiger partial charge on any atom is -0.370 e. The van der Waals surface area contributed by atoms with Crippen LogP contribution < -0.4 is 10.6 Å². The van der Waals surface area contributed by atoms with Gasteiger partial charge in [0.2, 0.25) is 0 Å². The molecule has 2 unspecified atom stereocenters. The fourth-order valence-corrected chi connectivity index (χ4v) is 2.78. The first-order valence-corrected chi connectivity index (χ1v) is 6.79. The summed E-state index contributed by atoms with van der Waals surface area (Å²) in [7, 11) is 2.18. The number of benzene rings is 1. The predicted octanol–water partition coefficient (Wildman–Crippen LogP) is 2.96.